The van der Waals surface area contributed by atoms with Crippen molar-refractivity contribution in [2.24, 2.45) is 0 Å². The maximum atomic E-state index is 12.2. The molecule has 1 rings (SSSR count). The lowest BCUT2D eigenvalue weighted by atomic mass is 10.4. The maximum Gasteiger partial charge on any atom is 0.346 e. The number of hydrogen-bond acceptors (Lipinski definition) is 6. The Bertz CT molecular complexity index is 540. The fraction of sp³-hybridized carbons (Fsp3) is 0.727. The van der Waals surface area contributed by atoms with Crippen LogP contribution in [0.3, 0.4) is 0 Å². The Morgan fingerprint density at radius 1 is 1.40 bits per heavy atom. The quantitative estimate of drug-likeness (QED) is 0.723. The first kappa shape index (κ1) is 16.6. The summed E-state index contributed by atoms with van der Waals surface area (Å²) in [6.45, 7) is 4.80. The smallest absolute Gasteiger partial charge is 0.346 e. The molecular formula is C11H20N4O4S. The maximum absolute atomic E-state index is 12.2. The van der Waals surface area contributed by atoms with E-state index in [0.717, 1.165) is 17.4 Å². The van der Waals surface area contributed by atoms with E-state index in [1.54, 1.807) is 12.0 Å². The minimum Gasteiger partial charge on any atom is -0.383 e. The fourth-order valence-electron chi connectivity index (χ4n) is 1.53. The number of nitrogens with zero attached hydrogens (tertiary/aromatic N) is 4. The minimum atomic E-state index is -3.50. The van der Waals surface area contributed by atoms with Gasteiger partial charge in [0.25, 0.3) is 5.16 Å². The molecule has 0 spiro atoms. The van der Waals surface area contributed by atoms with Gasteiger partial charge < -0.3 is 9.64 Å². The van der Waals surface area contributed by atoms with Crippen molar-refractivity contribution < 1.29 is 17.9 Å². The highest BCUT2D eigenvalue weighted by Gasteiger charge is 2.21. The van der Waals surface area contributed by atoms with Crippen molar-refractivity contribution in [2.75, 3.05) is 32.6 Å². The highest BCUT2D eigenvalue weighted by Crippen LogP contribution is 2.05. The van der Waals surface area contributed by atoms with E-state index in [1.165, 1.54) is 6.92 Å². The van der Waals surface area contributed by atoms with Crippen molar-refractivity contribution in [3.05, 3.63) is 6.33 Å². The Labute approximate surface area is 118 Å². The highest BCUT2D eigenvalue weighted by atomic mass is 32.2. The molecule has 1 aromatic heterocycles. The van der Waals surface area contributed by atoms with Crippen molar-refractivity contribution in [1.29, 1.82) is 0 Å². The van der Waals surface area contributed by atoms with Crippen LogP contribution in [0.25, 0.3) is 0 Å². The number of rotatable bonds is 7. The molecular weight excluding hydrogens is 284 g/mol. The third kappa shape index (κ3) is 4.01. The van der Waals surface area contributed by atoms with Gasteiger partial charge >= 0.3 is 6.03 Å². The second-order valence-corrected chi connectivity index (χ2v) is 6.31. The minimum absolute atomic E-state index is 0.104. The lowest BCUT2D eigenvalue weighted by Gasteiger charge is -2.20. The van der Waals surface area contributed by atoms with Crippen molar-refractivity contribution in [1.82, 2.24) is 19.7 Å². The molecule has 0 N–H and O–H groups in total. The second-order valence-electron chi connectivity index (χ2n) is 4.14. The van der Waals surface area contributed by atoms with Crippen molar-refractivity contribution in [3.8, 4) is 0 Å². The molecule has 1 aromatic rings. The summed E-state index contributed by atoms with van der Waals surface area (Å²) in [5.74, 6) is -0.104. The van der Waals surface area contributed by atoms with Gasteiger partial charge in [-0.3, -0.25) is 0 Å². The van der Waals surface area contributed by atoms with E-state index in [9.17, 15) is 13.2 Å². The van der Waals surface area contributed by atoms with Gasteiger partial charge in [0.05, 0.1) is 12.4 Å². The number of sulfone groups is 1. The average molecular weight is 304 g/mol. The number of aromatic nitrogens is 3. The monoisotopic (exact) mass is 304 g/mol. The molecule has 8 nitrogen and oxygen atoms in total. The topological polar surface area (TPSA) is 94.4 Å². The molecule has 0 aromatic carbocycles. The molecule has 0 saturated carbocycles. The summed E-state index contributed by atoms with van der Waals surface area (Å²) in [6.07, 6.45) is 1.91. The number of ether oxygens (including phenoxy) is 1. The molecule has 1 amide bonds. The molecule has 0 fully saturated rings. The van der Waals surface area contributed by atoms with Crippen LogP contribution in [-0.2, 0) is 14.6 Å². The van der Waals surface area contributed by atoms with E-state index in [2.05, 4.69) is 10.1 Å². The predicted molar refractivity (Wildman–Crippen MR) is 72.3 cm³/mol. The predicted octanol–water partition coefficient (Wildman–Crippen LogP) is 0.398. The molecule has 0 saturated heterocycles. The van der Waals surface area contributed by atoms with E-state index in [-0.39, 0.29) is 10.9 Å². The van der Waals surface area contributed by atoms with Crippen LogP contribution in [0.5, 0.6) is 0 Å². The zero-order valence-corrected chi connectivity index (χ0v) is 12.8. The Morgan fingerprint density at radius 2 is 2.10 bits per heavy atom. The third-order valence-electron chi connectivity index (χ3n) is 2.65. The molecule has 0 aliphatic heterocycles. The summed E-state index contributed by atoms with van der Waals surface area (Å²) in [5, 5.41) is 3.43. The summed E-state index contributed by atoms with van der Waals surface area (Å²) in [4.78, 5) is 17.4. The number of carbonyl (C=O) groups is 1. The molecule has 0 aliphatic carbocycles. The first-order chi connectivity index (χ1) is 9.46. The Morgan fingerprint density at radius 3 is 2.65 bits per heavy atom. The number of methoxy groups -OCH3 is 1. The Kier molecular flexibility index (Phi) is 6.08. The van der Waals surface area contributed by atoms with Crippen LogP contribution in [0.1, 0.15) is 20.3 Å². The number of hydrogen-bond donors (Lipinski definition) is 0. The van der Waals surface area contributed by atoms with Gasteiger partial charge in [-0.15, -0.1) is 5.10 Å². The summed E-state index contributed by atoms with van der Waals surface area (Å²) in [6, 6.07) is -0.408. The van der Waals surface area contributed by atoms with Crippen LogP contribution in [0.2, 0.25) is 0 Å². The fourth-order valence-corrected chi connectivity index (χ4v) is 2.21. The molecule has 9 heteroatoms. The molecule has 1 heterocycles. The van der Waals surface area contributed by atoms with Crippen LogP contribution in [-0.4, -0.2) is 66.7 Å². The van der Waals surface area contributed by atoms with Gasteiger partial charge in [-0.1, -0.05) is 13.8 Å². The molecule has 0 bridgehead atoms. The standard InChI is InChI=1S/C11H20N4O4S/c1-4-6-14(7-8-19-3)11(16)15-9-12-10(13-15)20(17,18)5-2/h9H,4-8H2,1-3H3. The first-order valence-electron chi connectivity index (χ1n) is 6.38. The second kappa shape index (κ2) is 7.34. The molecule has 0 radical (unpaired) electrons. The van der Waals surface area contributed by atoms with Gasteiger partial charge in [-0.2, -0.15) is 4.68 Å². The zero-order chi connectivity index (χ0) is 15.2. The molecule has 0 atom stereocenters. The van der Waals surface area contributed by atoms with Crippen LogP contribution in [0.15, 0.2) is 11.5 Å². The van der Waals surface area contributed by atoms with E-state index in [1.807, 2.05) is 6.92 Å². The van der Waals surface area contributed by atoms with E-state index in [0.29, 0.717) is 19.7 Å². The molecule has 20 heavy (non-hydrogen) atoms. The van der Waals surface area contributed by atoms with Gasteiger partial charge in [-0.05, 0) is 6.42 Å². The number of amides is 1. The van der Waals surface area contributed by atoms with Gasteiger partial charge in [0.2, 0.25) is 9.84 Å². The van der Waals surface area contributed by atoms with Gasteiger partial charge in [0.1, 0.15) is 6.33 Å². The highest BCUT2D eigenvalue weighted by molar-refractivity contribution is 7.91. The number of carbonyl (C=O) groups excluding carboxylic acids is 1. The normalized spacial score (nSPS) is 11.6. The molecule has 0 aliphatic rings. The summed E-state index contributed by atoms with van der Waals surface area (Å²) < 4.78 is 29.1. The lowest BCUT2D eigenvalue weighted by molar-refractivity contribution is 0.148. The SMILES string of the molecule is CCCN(CCOC)C(=O)n1cnc(S(=O)(=O)CC)n1. The van der Waals surface area contributed by atoms with Crippen LogP contribution in [0, 0.1) is 0 Å². The van der Waals surface area contributed by atoms with Crippen molar-refractivity contribution in [3.63, 3.8) is 0 Å². The third-order valence-corrected chi connectivity index (χ3v) is 4.16. The Balaban J connectivity index is 2.90. The largest absolute Gasteiger partial charge is 0.383 e. The van der Waals surface area contributed by atoms with E-state index < -0.39 is 15.9 Å². The van der Waals surface area contributed by atoms with Crippen molar-refractivity contribution >= 4 is 15.9 Å². The summed E-state index contributed by atoms with van der Waals surface area (Å²) >= 11 is 0. The zero-order valence-electron chi connectivity index (χ0n) is 11.9. The summed E-state index contributed by atoms with van der Waals surface area (Å²) in [5.41, 5.74) is 0. The van der Waals surface area contributed by atoms with Gasteiger partial charge in [-0.25, -0.2) is 18.2 Å². The van der Waals surface area contributed by atoms with Crippen LogP contribution in [0.4, 0.5) is 4.79 Å². The van der Waals surface area contributed by atoms with Crippen molar-refractivity contribution in [2.45, 2.75) is 25.4 Å². The Hall–Kier alpha value is -1.48. The van der Waals surface area contributed by atoms with E-state index in [4.69, 9.17) is 4.74 Å². The average Bonchev–Trinajstić information content (AvgIpc) is 2.93. The van der Waals surface area contributed by atoms with Crippen LogP contribution >= 0.6 is 0 Å². The van der Waals surface area contributed by atoms with Crippen LogP contribution < -0.4 is 0 Å². The molecule has 114 valence electrons. The van der Waals surface area contributed by atoms with Gasteiger partial charge in [0, 0.05) is 20.2 Å². The first-order valence-corrected chi connectivity index (χ1v) is 8.04. The van der Waals surface area contributed by atoms with Gasteiger partial charge in [0.15, 0.2) is 0 Å². The molecule has 0 unspecified atom stereocenters. The lowest BCUT2D eigenvalue weighted by Crippen LogP contribution is -2.38. The van der Waals surface area contributed by atoms with E-state index >= 15 is 0 Å². The summed E-state index contributed by atoms with van der Waals surface area (Å²) in [7, 11) is -1.95.